The molecule has 2 amide bonds. The van der Waals surface area contributed by atoms with Crippen LogP contribution in [0.15, 0.2) is 0 Å². The van der Waals surface area contributed by atoms with Crippen LogP contribution in [0.25, 0.3) is 0 Å². The third-order valence-corrected chi connectivity index (χ3v) is 3.92. The Hall–Kier alpha value is -0.460. The predicted molar refractivity (Wildman–Crippen MR) is 70.3 cm³/mol. The second-order valence-corrected chi connectivity index (χ2v) is 5.16. The van der Waals surface area contributed by atoms with Crippen molar-refractivity contribution in [3.05, 3.63) is 0 Å². The predicted octanol–water partition coefficient (Wildman–Crippen LogP) is -0.239. The Bertz CT molecular complexity index is 303. The van der Waals surface area contributed by atoms with Gasteiger partial charge in [-0.05, 0) is 6.92 Å². The Morgan fingerprint density at radius 3 is 2.94 bits per heavy atom. The molecule has 0 aromatic carbocycles. The standard InChI is InChI=1S/C10H17N3O2S.ClH/c1-8-4-11-2-3-13(8)9(14)5-12-7-16-6-10(12)15;/h8,11H,2-7H2,1H3;1H/t8-;/m1./s1. The van der Waals surface area contributed by atoms with E-state index in [9.17, 15) is 9.59 Å². The Morgan fingerprint density at radius 1 is 1.59 bits per heavy atom. The van der Waals surface area contributed by atoms with Gasteiger partial charge in [0, 0.05) is 25.7 Å². The van der Waals surface area contributed by atoms with Crippen LogP contribution in [-0.4, -0.2) is 65.5 Å². The molecule has 0 aromatic rings. The highest BCUT2D eigenvalue weighted by Crippen LogP contribution is 2.15. The van der Waals surface area contributed by atoms with E-state index in [1.165, 1.54) is 0 Å². The van der Waals surface area contributed by atoms with Crippen LogP contribution in [0.5, 0.6) is 0 Å². The number of nitrogens with zero attached hydrogens (tertiary/aromatic N) is 2. The summed E-state index contributed by atoms with van der Waals surface area (Å²) in [5.41, 5.74) is 0. The molecule has 2 aliphatic heterocycles. The molecule has 2 fully saturated rings. The lowest BCUT2D eigenvalue weighted by Crippen LogP contribution is -2.54. The molecule has 1 N–H and O–H groups in total. The van der Waals surface area contributed by atoms with Crippen LogP contribution in [0.3, 0.4) is 0 Å². The molecule has 2 saturated heterocycles. The summed E-state index contributed by atoms with van der Waals surface area (Å²) < 4.78 is 0. The smallest absolute Gasteiger partial charge is 0.242 e. The van der Waals surface area contributed by atoms with Crippen LogP contribution >= 0.6 is 24.2 Å². The summed E-state index contributed by atoms with van der Waals surface area (Å²) in [5.74, 6) is 1.33. The van der Waals surface area contributed by atoms with E-state index in [4.69, 9.17) is 0 Å². The molecule has 0 spiro atoms. The summed E-state index contributed by atoms with van der Waals surface area (Å²) >= 11 is 1.57. The van der Waals surface area contributed by atoms with E-state index >= 15 is 0 Å². The van der Waals surface area contributed by atoms with E-state index in [1.54, 1.807) is 16.7 Å². The average molecular weight is 280 g/mol. The van der Waals surface area contributed by atoms with Crippen molar-refractivity contribution in [1.29, 1.82) is 0 Å². The molecule has 2 rings (SSSR count). The van der Waals surface area contributed by atoms with Gasteiger partial charge < -0.3 is 15.1 Å². The molecule has 2 heterocycles. The number of hydrogen-bond acceptors (Lipinski definition) is 4. The van der Waals surface area contributed by atoms with Gasteiger partial charge in [-0.15, -0.1) is 24.2 Å². The van der Waals surface area contributed by atoms with Gasteiger partial charge in [-0.2, -0.15) is 0 Å². The topological polar surface area (TPSA) is 52.7 Å². The first-order valence-corrected chi connectivity index (χ1v) is 6.69. The number of piperazine rings is 1. The monoisotopic (exact) mass is 279 g/mol. The Balaban J connectivity index is 0.00000144. The maximum Gasteiger partial charge on any atom is 0.242 e. The van der Waals surface area contributed by atoms with Crippen molar-refractivity contribution in [2.75, 3.05) is 37.8 Å². The zero-order valence-corrected chi connectivity index (χ0v) is 11.5. The summed E-state index contributed by atoms with van der Waals surface area (Å²) in [6, 6.07) is 0.228. The van der Waals surface area contributed by atoms with Crippen LogP contribution in [0.2, 0.25) is 0 Å². The molecule has 0 unspecified atom stereocenters. The van der Waals surface area contributed by atoms with Crippen molar-refractivity contribution in [3.63, 3.8) is 0 Å². The van der Waals surface area contributed by atoms with Gasteiger partial charge in [0.05, 0.1) is 11.6 Å². The summed E-state index contributed by atoms with van der Waals surface area (Å²) in [6.45, 7) is 4.71. The molecule has 7 heteroatoms. The Kier molecular flexibility index (Phi) is 5.55. The van der Waals surface area contributed by atoms with Gasteiger partial charge in [0.1, 0.15) is 6.54 Å². The third-order valence-electron chi connectivity index (χ3n) is 2.97. The number of carbonyl (C=O) groups is 2. The minimum absolute atomic E-state index is 0. The number of halogens is 1. The summed E-state index contributed by atoms with van der Waals surface area (Å²) in [7, 11) is 0. The largest absolute Gasteiger partial charge is 0.336 e. The molecule has 0 saturated carbocycles. The van der Waals surface area contributed by atoms with Gasteiger partial charge >= 0.3 is 0 Å². The molecule has 17 heavy (non-hydrogen) atoms. The maximum absolute atomic E-state index is 12.0. The van der Waals surface area contributed by atoms with Crippen LogP contribution in [0.4, 0.5) is 0 Å². The van der Waals surface area contributed by atoms with E-state index < -0.39 is 0 Å². The van der Waals surface area contributed by atoms with Crippen LogP contribution in [0.1, 0.15) is 6.92 Å². The van der Waals surface area contributed by atoms with Crippen LogP contribution in [0, 0.1) is 0 Å². The molecular formula is C10H18ClN3O2S. The van der Waals surface area contributed by atoms with Gasteiger partial charge in [0.2, 0.25) is 11.8 Å². The second kappa shape index (κ2) is 6.47. The minimum Gasteiger partial charge on any atom is -0.336 e. The number of nitrogens with one attached hydrogen (secondary N) is 1. The van der Waals surface area contributed by atoms with E-state index in [0.717, 1.165) is 19.6 Å². The lowest BCUT2D eigenvalue weighted by Gasteiger charge is -2.34. The highest BCUT2D eigenvalue weighted by molar-refractivity contribution is 8.00. The zero-order valence-electron chi connectivity index (χ0n) is 9.85. The first-order chi connectivity index (χ1) is 7.68. The molecule has 2 aliphatic rings. The summed E-state index contributed by atoms with van der Waals surface area (Å²) in [4.78, 5) is 26.9. The number of rotatable bonds is 2. The summed E-state index contributed by atoms with van der Waals surface area (Å²) in [6.07, 6.45) is 0. The quantitative estimate of drug-likeness (QED) is 0.758. The van der Waals surface area contributed by atoms with Crippen molar-refractivity contribution < 1.29 is 9.59 Å². The van der Waals surface area contributed by atoms with Gasteiger partial charge in [-0.1, -0.05) is 0 Å². The highest BCUT2D eigenvalue weighted by Gasteiger charge is 2.28. The van der Waals surface area contributed by atoms with Gasteiger partial charge in [0.15, 0.2) is 0 Å². The molecule has 5 nitrogen and oxygen atoms in total. The lowest BCUT2D eigenvalue weighted by atomic mass is 10.2. The fourth-order valence-corrected chi connectivity index (χ4v) is 2.91. The minimum atomic E-state index is 0. The van der Waals surface area contributed by atoms with E-state index in [-0.39, 0.29) is 36.8 Å². The molecule has 0 bridgehead atoms. The van der Waals surface area contributed by atoms with Gasteiger partial charge in [-0.25, -0.2) is 0 Å². The molecule has 1 atom stereocenters. The lowest BCUT2D eigenvalue weighted by molar-refractivity contribution is -0.139. The van der Waals surface area contributed by atoms with E-state index in [0.29, 0.717) is 11.6 Å². The highest BCUT2D eigenvalue weighted by atomic mass is 35.5. The zero-order chi connectivity index (χ0) is 11.5. The maximum atomic E-state index is 12.0. The molecule has 0 aromatic heterocycles. The fourth-order valence-electron chi connectivity index (χ4n) is 2.01. The van der Waals surface area contributed by atoms with Crippen LogP contribution in [-0.2, 0) is 9.59 Å². The second-order valence-electron chi connectivity index (χ2n) is 4.21. The number of amides is 2. The SMILES string of the molecule is C[C@@H]1CNCCN1C(=O)CN1CSCC1=O.Cl. The Labute approximate surface area is 112 Å². The fraction of sp³-hybridized carbons (Fsp3) is 0.800. The average Bonchev–Trinajstić information content (AvgIpc) is 2.65. The number of carbonyl (C=O) groups excluding carboxylic acids is 2. The number of hydrogen-bond donors (Lipinski definition) is 1. The third kappa shape index (κ3) is 3.50. The van der Waals surface area contributed by atoms with Crippen molar-refractivity contribution in [2.24, 2.45) is 0 Å². The van der Waals surface area contributed by atoms with Crippen molar-refractivity contribution in [3.8, 4) is 0 Å². The van der Waals surface area contributed by atoms with Crippen molar-refractivity contribution in [1.82, 2.24) is 15.1 Å². The first kappa shape index (κ1) is 14.6. The molecular weight excluding hydrogens is 262 g/mol. The van der Waals surface area contributed by atoms with Gasteiger partial charge in [-0.3, -0.25) is 9.59 Å². The number of thioether (sulfide) groups is 1. The van der Waals surface area contributed by atoms with Crippen molar-refractivity contribution >= 4 is 36.0 Å². The van der Waals surface area contributed by atoms with E-state index in [1.807, 2.05) is 11.8 Å². The van der Waals surface area contributed by atoms with E-state index in [2.05, 4.69) is 5.32 Å². The molecule has 0 radical (unpaired) electrons. The molecule has 98 valence electrons. The van der Waals surface area contributed by atoms with Crippen molar-refractivity contribution in [2.45, 2.75) is 13.0 Å². The Morgan fingerprint density at radius 2 is 2.35 bits per heavy atom. The first-order valence-electron chi connectivity index (χ1n) is 5.54. The molecule has 0 aliphatic carbocycles. The summed E-state index contributed by atoms with van der Waals surface area (Å²) in [5, 5.41) is 3.24. The van der Waals surface area contributed by atoms with Gasteiger partial charge in [0.25, 0.3) is 0 Å². The normalized spacial score (nSPS) is 24.8. The van der Waals surface area contributed by atoms with Crippen LogP contribution < -0.4 is 5.32 Å².